The van der Waals surface area contributed by atoms with Crippen LogP contribution in [0.5, 0.6) is 0 Å². The monoisotopic (exact) mass is 466 g/mol. The molecule has 2 aliphatic rings. The van der Waals surface area contributed by atoms with Crippen LogP contribution in [0.2, 0.25) is 0 Å². The summed E-state index contributed by atoms with van der Waals surface area (Å²) in [6, 6.07) is 27.2. The highest BCUT2D eigenvalue weighted by molar-refractivity contribution is 6.19. The van der Waals surface area contributed by atoms with E-state index >= 15 is 0 Å². The zero-order valence-corrected chi connectivity index (χ0v) is 20.6. The second-order valence-corrected chi connectivity index (χ2v) is 9.47. The molecule has 0 N–H and O–H groups in total. The highest BCUT2D eigenvalue weighted by Crippen LogP contribution is 2.28. The predicted octanol–water partition coefficient (Wildman–Crippen LogP) is 4.78. The Morgan fingerprint density at radius 2 is 1.49 bits per heavy atom. The van der Waals surface area contributed by atoms with Crippen molar-refractivity contribution in [1.29, 1.82) is 0 Å². The molecule has 0 aliphatic carbocycles. The number of aliphatic imine (C=N–C) groups is 1. The Morgan fingerprint density at radius 3 is 2.23 bits per heavy atom. The number of aryl methyl sites for hydroxylation is 1. The molecule has 0 spiro atoms. The summed E-state index contributed by atoms with van der Waals surface area (Å²) in [5, 5.41) is 0. The number of rotatable bonds is 7. The predicted molar refractivity (Wildman–Crippen MR) is 145 cm³/mol. The Kier molecular flexibility index (Phi) is 7.24. The van der Waals surface area contributed by atoms with Gasteiger partial charge >= 0.3 is 0 Å². The first-order valence-corrected chi connectivity index (χ1v) is 12.7. The van der Waals surface area contributed by atoms with Crippen molar-refractivity contribution in [2.75, 3.05) is 55.6 Å². The van der Waals surface area contributed by atoms with E-state index in [2.05, 4.69) is 77.4 Å². The number of benzodiazepines with no additional fused rings is 1. The Morgan fingerprint density at radius 1 is 0.800 bits per heavy atom. The number of para-hydroxylation sites is 1. The molecule has 3 aromatic rings. The highest BCUT2D eigenvalue weighted by Gasteiger charge is 2.25. The molecule has 5 rings (SSSR count). The number of unbranched alkanes of at least 4 members (excludes halogenated alkanes) is 1. The maximum absolute atomic E-state index is 13.1. The Hall–Kier alpha value is -3.44. The molecule has 180 valence electrons. The van der Waals surface area contributed by atoms with Crippen LogP contribution in [0.25, 0.3) is 0 Å². The third kappa shape index (κ3) is 5.46. The van der Waals surface area contributed by atoms with Crippen molar-refractivity contribution < 1.29 is 4.79 Å². The van der Waals surface area contributed by atoms with Gasteiger partial charge in [0.25, 0.3) is 0 Å². The van der Waals surface area contributed by atoms with Crippen LogP contribution in [0.1, 0.15) is 29.5 Å². The first-order chi connectivity index (χ1) is 17.2. The van der Waals surface area contributed by atoms with Gasteiger partial charge in [-0.25, -0.2) is 0 Å². The van der Waals surface area contributed by atoms with Crippen molar-refractivity contribution in [3.63, 3.8) is 0 Å². The van der Waals surface area contributed by atoms with E-state index in [0.29, 0.717) is 0 Å². The first kappa shape index (κ1) is 23.3. The van der Waals surface area contributed by atoms with Crippen LogP contribution >= 0.6 is 0 Å². The first-order valence-electron chi connectivity index (χ1n) is 12.7. The lowest BCUT2D eigenvalue weighted by atomic mass is 9.98. The molecule has 0 atom stereocenters. The van der Waals surface area contributed by atoms with Crippen molar-refractivity contribution in [2.45, 2.75) is 19.8 Å². The summed E-state index contributed by atoms with van der Waals surface area (Å²) in [6.45, 7) is 8.42. The maximum Gasteiger partial charge on any atom is 0.248 e. The molecule has 0 saturated carbocycles. The molecule has 2 heterocycles. The molecule has 0 radical (unpaired) electrons. The van der Waals surface area contributed by atoms with Gasteiger partial charge < -0.3 is 9.80 Å². The van der Waals surface area contributed by atoms with Crippen LogP contribution in [0, 0.1) is 6.92 Å². The number of fused-ring (bicyclic) bond motifs is 1. The quantitative estimate of drug-likeness (QED) is 0.471. The Labute approximate surface area is 208 Å². The fourth-order valence-electron chi connectivity index (χ4n) is 5.09. The zero-order valence-electron chi connectivity index (χ0n) is 20.6. The van der Waals surface area contributed by atoms with Crippen molar-refractivity contribution in [2.24, 2.45) is 4.99 Å². The average Bonchev–Trinajstić information content (AvgIpc) is 3.04. The number of nitrogens with zero attached hydrogens (tertiary/aromatic N) is 4. The minimum Gasteiger partial charge on any atom is -0.369 e. The second kappa shape index (κ2) is 10.9. The summed E-state index contributed by atoms with van der Waals surface area (Å²) >= 11 is 0. The molecular weight excluding hydrogens is 432 g/mol. The molecule has 2 aliphatic heterocycles. The van der Waals surface area contributed by atoms with Gasteiger partial charge in [-0.1, -0.05) is 60.2 Å². The minimum atomic E-state index is 0.0810. The smallest absolute Gasteiger partial charge is 0.248 e. The Balaban J connectivity index is 1.19. The van der Waals surface area contributed by atoms with Crippen molar-refractivity contribution in [3.05, 3.63) is 95.6 Å². The molecule has 0 unspecified atom stereocenters. The van der Waals surface area contributed by atoms with Gasteiger partial charge in [-0.05, 0) is 50.6 Å². The average molecular weight is 467 g/mol. The summed E-state index contributed by atoms with van der Waals surface area (Å²) < 4.78 is 0. The molecular formula is C30H34N4O. The van der Waals surface area contributed by atoms with Gasteiger partial charge in [0.1, 0.15) is 6.54 Å². The van der Waals surface area contributed by atoms with Gasteiger partial charge in [0, 0.05) is 49.5 Å². The van der Waals surface area contributed by atoms with E-state index in [1.54, 1.807) is 0 Å². The number of carbonyl (C=O) groups is 1. The van der Waals surface area contributed by atoms with Crippen molar-refractivity contribution >= 4 is 23.0 Å². The van der Waals surface area contributed by atoms with Crippen molar-refractivity contribution in [3.8, 4) is 0 Å². The van der Waals surface area contributed by atoms with E-state index in [4.69, 9.17) is 4.99 Å². The molecule has 1 fully saturated rings. The number of carbonyl (C=O) groups excluding carboxylic acids is 1. The molecule has 5 nitrogen and oxygen atoms in total. The molecule has 1 amide bonds. The highest BCUT2D eigenvalue weighted by atomic mass is 16.2. The number of amides is 1. The number of piperazine rings is 1. The lowest BCUT2D eigenvalue weighted by Gasteiger charge is -2.36. The van der Waals surface area contributed by atoms with Crippen LogP contribution in [0.4, 0.5) is 11.4 Å². The van der Waals surface area contributed by atoms with Gasteiger partial charge in [0.15, 0.2) is 0 Å². The van der Waals surface area contributed by atoms with E-state index in [9.17, 15) is 4.79 Å². The van der Waals surface area contributed by atoms with Gasteiger partial charge in [-0.15, -0.1) is 0 Å². The molecule has 1 saturated heterocycles. The zero-order chi connectivity index (χ0) is 24.0. The van der Waals surface area contributed by atoms with E-state index < -0.39 is 0 Å². The SMILES string of the molecule is Cc1ccc2c(c1)C(c1ccccc1)=NCC(=O)N2CCCCN1CCN(c2ccccc2)CC1. The molecule has 3 aromatic carbocycles. The molecule has 0 aromatic heterocycles. The minimum absolute atomic E-state index is 0.0810. The van der Waals surface area contributed by atoms with Gasteiger partial charge in [-0.3, -0.25) is 14.7 Å². The lowest BCUT2D eigenvalue weighted by Crippen LogP contribution is -2.46. The summed E-state index contributed by atoms with van der Waals surface area (Å²) in [5.41, 5.74) is 6.51. The summed E-state index contributed by atoms with van der Waals surface area (Å²) in [7, 11) is 0. The summed E-state index contributed by atoms with van der Waals surface area (Å²) in [5.74, 6) is 0.0810. The molecule has 5 heteroatoms. The number of hydrogen-bond acceptors (Lipinski definition) is 4. The third-order valence-electron chi connectivity index (χ3n) is 7.02. The summed E-state index contributed by atoms with van der Waals surface area (Å²) in [6.07, 6.45) is 2.07. The van der Waals surface area contributed by atoms with Gasteiger partial charge in [-0.2, -0.15) is 0 Å². The molecule has 0 bridgehead atoms. The fourth-order valence-corrected chi connectivity index (χ4v) is 5.09. The van der Waals surface area contributed by atoms with E-state index in [0.717, 1.165) is 74.6 Å². The van der Waals surface area contributed by atoms with E-state index in [1.165, 1.54) is 11.3 Å². The summed E-state index contributed by atoms with van der Waals surface area (Å²) in [4.78, 5) is 24.8. The van der Waals surface area contributed by atoms with E-state index in [1.807, 2.05) is 23.1 Å². The van der Waals surface area contributed by atoms with Crippen LogP contribution in [0.15, 0.2) is 83.9 Å². The third-order valence-corrected chi connectivity index (χ3v) is 7.02. The van der Waals surface area contributed by atoms with Crippen molar-refractivity contribution in [1.82, 2.24) is 4.90 Å². The van der Waals surface area contributed by atoms with Crippen LogP contribution in [0.3, 0.4) is 0 Å². The lowest BCUT2D eigenvalue weighted by molar-refractivity contribution is -0.117. The second-order valence-electron chi connectivity index (χ2n) is 9.47. The Bertz CT molecular complexity index is 1170. The number of benzene rings is 3. The van der Waals surface area contributed by atoms with Gasteiger partial charge in [0.05, 0.1) is 11.4 Å². The maximum atomic E-state index is 13.1. The van der Waals surface area contributed by atoms with E-state index in [-0.39, 0.29) is 12.5 Å². The number of anilines is 2. The molecule has 35 heavy (non-hydrogen) atoms. The number of hydrogen-bond donors (Lipinski definition) is 0. The van der Waals surface area contributed by atoms with Crippen LogP contribution in [-0.2, 0) is 4.79 Å². The van der Waals surface area contributed by atoms with Gasteiger partial charge in [0.2, 0.25) is 5.91 Å². The normalized spacial score (nSPS) is 16.6. The van der Waals surface area contributed by atoms with Crippen LogP contribution < -0.4 is 9.80 Å². The fraction of sp³-hybridized carbons (Fsp3) is 0.333. The largest absolute Gasteiger partial charge is 0.369 e. The standard InChI is InChI=1S/C30H34N4O/c1-24-14-15-28-27(22-24)30(25-10-4-2-5-11-25)31-23-29(35)34(28)17-9-8-16-32-18-20-33(21-19-32)26-12-6-3-7-13-26/h2-7,10-15,22H,8-9,16-21,23H2,1H3. The van der Waals surface area contributed by atoms with Crippen LogP contribution in [-0.4, -0.2) is 62.3 Å². The topological polar surface area (TPSA) is 39.2 Å².